The van der Waals surface area contributed by atoms with Crippen LogP contribution in [0.5, 0.6) is 0 Å². The molecular weight excluding hydrogens is 290 g/mol. The molecule has 124 valence electrons. The minimum absolute atomic E-state index is 0.0631. The smallest absolute Gasteiger partial charge is 0.253 e. The van der Waals surface area contributed by atoms with Crippen molar-refractivity contribution in [1.82, 2.24) is 15.1 Å². The van der Waals surface area contributed by atoms with Gasteiger partial charge in [0.15, 0.2) is 0 Å². The van der Waals surface area contributed by atoms with E-state index in [0.717, 1.165) is 24.9 Å². The molecule has 2 heterocycles. The fourth-order valence-electron chi connectivity index (χ4n) is 3.51. The van der Waals surface area contributed by atoms with E-state index in [1.807, 2.05) is 40.1 Å². The van der Waals surface area contributed by atoms with E-state index in [1.54, 1.807) is 0 Å². The van der Waals surface area contributed by atoms with Gasteiger partial charge >= 0.3 is 0 Å². The number of hydrogen-bond acceptors (Lipinski definition) is 3. The molecule has 0 spiro atoms. The quantitative estimate of drug-likeness (QED) is 0.896. The van der Waals surface area contributed by atoms with Crippen molar-refractivity contribution in [2.75, 3.05) is 32.7 Å². The third-order valence-corrected chi connectivity index (χ3v) is 4.87. The number of rotatable bonds is 2. The van der Waals surface area contributed by atoms with Crippen molar-refractivity contribution in [3.05, 3.63) is 35.9 Å². The summed E-state index contributed by atoms with van der Waals surface area (Å²) < 4.78 is 0. The van der Waals surface area contributed by atoms with Gasteiger partial charge in [0.1, 0.15) is 0 Å². The Morgan fingerprint density at radius 1 is 1.04 bits per heavy atom. The van der Waals surface area contributed by atoms with Crippen molar-refractivity contribution in [2.24, 2.45) is 5.92 Å². The van der Waals surface area contributed by atoms with Gasteiger partial charge in [-0.25, -0.2) is 0 Å². The van der Waals surface area contributed by atoms with Gasteiger partial charge in [-0.2, -0.15) is 0 Å². The maximum Gasteiger partial charge on any atom is 0.253 e. The van der Waals surface area contributed by atoms with E-state index in [4.69, 9.17) is 0 Å². The lowest BCUT2D eigenvalue weighted by atomic mass is 9.92. The molecule has 5 heteroatoms. The number of nitrogens with zero attached hydrogens (tertiary/aromatic N) is 2. The largest absolute Gasteiger partial charge is 0.339 e. The van der Waals surface area contributed by atoms with Crippen LogP contribution in [0.4, 0.5) is 0 Å². The number of hydrogen-bond donors (Lipinski definition) is 1. The van der Waals surface area contributed by atoms with Gasteiger partial charge in [-0.05, 0) is 38.4 Å². The third-order valence-electron chi connectivity index (χ3n) is 4.87. The Morgan fingerprint density at radius 3 is 2.35 bits per heavy atom. The van der Waals surface area contributed by atoms with Crippen LogP contribution in [0.1, 0.15) is 30.1 Å². The molecule has 0 aliphatic carbocycles. The predicted octanol–water partition coefficient (Wildman–Crippen LogP) is 1.36. The summed E-state index contributed by atoms with van der Waals surface area (Å²) >= 11 is 0. The molecule has 0 saturated carbocycles. The van der Waals surface area contributed by atoms with Crippen LogP contribution >= 0.6 is 0 Å². The summed E-state index contributed by atoms with van der Waals surface area (Å²) in [6.45, 7) is 5.60. The Labute approximate surface area is 137 Å². The number of piperidine rings is 1. The Bertz CT molecular complexity index is 553. The molecule has 0 radical (unpaired) electrons. The zero-order valence-corrected chi connectivity index (χ0v) is 13.7. The van der Waals surface area contributed by atoms with Crippen LogP contribution in [-0.2, 0) is 4.79 Å². The highest BCUT2D eigenvalue weighted by atomic mass is 16.2. The summed E-state index contributed by atoms with van der Waals surface area (Å²) in [4.78, 5) is 28.9. The van der Waals surface area contributed by atoms with Crippen LogP contribution in [0.3, 0.4) is 0 Å². The molecule has 23 heavy (non-hydrogen) atoms. The molecule has 0 unspecified atom stereocenters. The highest BCUT2D eigenvalue weighted by molar-refractivity contribution is 5.94. The van der Waals surface area contributed by atoms with E-state index in [2.05, 4.69) is 12.2 Å². The molecule has 2 amide bonds. The lowest BCUT2D eigenvalue weighted by Crippen LogP contribution is -2.53. The highest BCUT2D eigenvalue weighted by Gasteiger charge is 2.31. The van der Waals surface area contributed by atoms with Gasteiger partial charge in [0.05, 0.1) is 0 Å². The van der Waals surface area contributed by atoms with Crippen LogP contribution in [-0.4, -0.2) is 60.4 Å². The van der Waals surface area contributed by atoms with Crippen LogP contribution in [0.25, 0.3) is 0 Å². The topological polar surface area (TPSA) is 52.7 Å². The number of carbonyl (C=O) groups is 2. The van der Waals surface area contributed by atoms with Crippen LogP contribution in [0.2, 0.25) is 0 Å². The van der Waals surface area contributed by atoms with E-state index in [9.17, 15) is 9.59 Å². The second-order valence-electron chi connectivity index (χ2n) is 6.56. The van der Waals surface area contributed by atoms with Crippen molar-refractivity contribution >= 4 is 11.8 Å². The average Bonchev–Trinajstić information content (AvgIpc) is 2.61. The molecule has 2 aliphatic rings. The SMILES string of the molecule is C[C@H]1C[C@@H](C(=O)N2CCN(C(=O)c3ccccc3)CC2)CCN1. The standard InChI is InChI=1S/C18H25N3O2/c1-14-13-16(7-8-19-14)18(23)21-11-9-20(10-12-21)17(22)15-5-3-2-4-6-15/h2-6,14,16,19H,7-13H2,1H3/t14-,16-/m0/s1. The van der Waals surface area contributed by atoms with E-state index >= 15 is 0 Å². The number of benzene rings is 1. The Kier molecular flexibility index (Phi) is 4.96. The lowest BCUT2D eigenvalue weighted by molar-refractivity contribution is -0.138. The van der Waals surface area contributed by atoms with E-state index in [0.29, 0.717) is 32.2 Å². The minimum Gasteiger partial charge on any atom is -0.339 e. The van der Waals surface area contributed by atoms with Crippen molar-refractivity contribution in [3.8, 4) is 0 Å². The number of amides is 2. The molecule has 3 rings (SSSR count). The van der Waals surface area contributed by atoms with Crippen molar-refractivity contribution < 1.29 is 9.59 Å². The minimum atomic E-state index is 0.0631. The number of nitrogens with one attached hydrogen (secondary N) is 1. The van der Waals surface area contributed by atoms with Crippen LogP contribution in [0, 0.1) is 5.92 Å². The average molecular weight is 315 g/mol. The van der Waals surface area contributed by atoms with E-state index < -0.39 is 0 Å². The van der Waals surface area contributed by atoms with E-state index in [1.165, 1.54) is 0 Å². The third kappa shape index (κ3) is 3.72. The summed E-state index contributed by atoms with van der Waals surface area (Å²) in [5.41, 5.74) is 0.722. The maximum absolute atomic E-state index is 12.6. The molecule has 2 aliphatic heterocycles. The van der Waals surface area contributed by atoms with Gasteiger partial charge in [-0.1, -0.05) is 18.2 Å². The monoisotopic (exact) mass is 315 g/mol. The van der Waals surface area contributed by atoms with Crippen molar-refractivity contribution in [2.45, 2.75) is 25.8 Å². The van der Waals surface area contributed by atoms with Crippen molar-refractivity contribution in [3.63, 3.8) is 0 Å². The predicted molar refractivity (Wildman–Crippen MR) is 89.1 cm³/mol. The molecule has 0 bridgehead atoms. The molecule has 2 atom stereocenters. The Morgan fingerprint density at radius 2 is 1.70 bits per heavy atom. The summed E-state index contributed by atoms with van der Waals surface area (Å²) in [6, 6.07) is 9.77. The van der Waals surface area contributed by atoms with E-state index in [-0.39, 0.29) is 17.7 Å². The molecule has 0 aromatic heterocycles. The molecule has 1 N–H and O–H groups in total. The molecule has 1 aromatic carbocycles. The van der Waals surface area contributed by atoms with Gasteiger partial charge in [0.25, 0.3) is 5.91 Å². The van der Waals surface area contributed by atoms with Gasteiger partial charge < -0.3 is 15.1 Å². The normalized spacial score (nSPS) is 25.3. The van der Waals surface area contributed by atoms with Gasteiger partial charge in [0, 0.05) is 43.7 Å². The Hall–Kier alpha value is -1.88. The Balaban J connectivity index is 1.54. The second-order valence-corrected chi connectivity index (χ2v) is 6.56. The fourth-order valence-corrected chi connectivity index (χ4v) is 3.51. The van der Waals surface area contributed by atoms with Crippen molar-refractivity contribution in [1.29, 1.82) is 0 Å². The first-order chi connectivity index (χ1) is 11.1. The molecule has 1 aromatic rings. The zero-order valence-electron chi connectivity index (χ0n) is 13.7. The first-order valence-electron chi connectivity index (χ1n) is 8.51. The summed E-state index contributed by atoms with van der Waals surface area (Å²) in [5, 5.41) is 3.39. The summed E-state index contributed by atoms with van der Waals surface area (Å²) in [7, 11) is 0. The highest BCUT2D eigenvalue weighted by Crippen LogP contribution is 2.20. The van der Waals surface area contributed by atoms with Gasteiger partial charge in [-0.15, -0.1) is 0 Å². The first-order valence-corrected chi connectivity index (χ1v) is 8.51. The second kappa shape index (κ2) is 7.13. The maximum atomic E-state index is 12.6. The number of carbonyl (C=O) groups excluding carboxylic acids is 2. The van der Waals surface area contributed by atoms with Gasteiger partial charge in [0.2, 0.25) is 5.91 Å². The molecule has 2 fully saturated rings. The summed E-state index contributed by atoms with van der Waals surface area (Å²) in [6.07, 6.45) is 1.84. The first kappa shape index (κ1) is 16.0. The van der Waals surface area contributed by atoms with Crippen LogP contribution < -0.4 is 5.32 Å². The lowest BCUT2D eigenvalue weighted by Gasteiger charge is -2.38. The summed E-state index contributed by atoms with van der Waals surface area (Å²) in [5.74, 6) is 0.473. The zero-order chi connectivity index (χ0) is 16.2. The van der Waals surface area contributed by atoms with Gasteiger partial charge in [-0.3, -0.25) is 9.59 Å². The fraction of sp³-hybridized carbons (Fsp3) is 0.556. The molecular formula is C18H25N3O2. The molecule has 2 saturated heterocycles. The number of piperazine rings is 1. The molecule has 5 nitrogen and oxygen atoms in total. The van der Waals surface area contributed by atoms with Crippen LogP contribution in [0.15, 0.2) is 30.3 Å².